The monoisotopic (exact) mass is 286 g/mol. The third-order valence-corrected chi connectivity index (χ3v) is 3.18. The summed E-state index contributed by atoms with van der Waals surface area (Å²) in [5, 5.41) is 3.36. The van der Waals surface area contributed by atoms with Crippen LogP contribution in [-0.4, -0.2) is 76.3 Å². The predicted octanol–water partition coefficient (Wildman–Crippen LogP) is 1.65. The second-order valence-electron chi connectivity index (χ2n) is 5.16. The summed E-state index contributed by atoms with van der Waals surface area (Å²) in [5.41, 5.74) is 0. The fraction of sp³-hybridized carbons (Fsp3) is 0.933. The number of rotatable bonds is 11. The van der Waals surface area contributed by atoms with Crippen LogP contribution in [0.3, 0.4) is 0 Å². The molecular formula is C15H34N4O. The van der Waals surface area contributed by atoms with Gasteiger partial charge in [0, 0.05) is 40.3 Å². The Labute approximate surface area is 125 Å². The van der Waals surface area contributed by atoms with E-state index in [1.165, 1.54) is 12.8 Å². The summed E-state index contributed by atoms with van der Waals surface area (Å²) >= 11 is 0. The Hall–Kier alpha value is -0.810. The van der Waals surface area contributed by atoms with Gasteiger partial charge in [0.2, 0.25) is 0 Å². The van der Waals surface area contributed by atoms with E-state index in [1.807, 2.05) is 0 Å². The van der Waals surface area contributed by atoms with Crippen molar-refractivity contribution < 1.29 is 4.74 Å². The molecule has 0 aromatic heterocycles. The van der Waals surface area contributed by atoms with Crippen molar-refractivity contribution in [3.63, 3.8) is 0 Å². The first-order valence-electron chi connectivity index (χ1n) is 7.82. The number of nitrogens with one attached hydrogen (secondary N) is 1. The van der Waals surface area contributed by atoms with Crippen LogP contribution in [0.25, 0.3) is 0 Å². The Morgan fingerprint density at radius 1 is 1.10 bits per heavy atom. The molecule has 5 heteroatoms. The van der Waals surface area contributed by atoms with E-state index < -0.39 is 0 Å². The Morgan fingerprint density at radius 3 is 2.45 bits per heavy atom. The van der Waals surface area contributed by atoms with Crippen molar-refractivity contribution in [3.05, 3.63) is 0 Å². The van der Waals surface area contributed by atoms with Gasteiger partial charge in [-0.1, -0.05) is 13.3 Å². The fourth-order valence-electron chi connectivity index (χ4n) is 1.86. The molecule has 0 saturated carbocycles. The molecule has 0 atom stereocenters. The van der Waals surface area contributed by atoms with Gasteiger partial charge in [-0.25, -0.2) is 0 Å². The highest BCUT2D eigenvalue weighted by Crippen LogP contribution is 1.95. The molecule has 20 heavy (non-hydrogen) atoms. The van der Waals surface area contributed by atoms with Crippen LogP contribution in [0.4, 0.5) is 0 Å². The van der Waals surface area contributed by atoms with Crippen molar-refractivity contribution in [2.24, 2.45) is 4.99 Å². The number of guanidine groups is 1. The number of hydrogen-bond donors (Lipinski definition) is 1. The highest BCUT2D eigenvalue weighted by molar-refractivity contribution is 5.79. The van der Waals surface area contributed by atoms with E-state index >= 15 is 0 Å². The lowest BCUT2D eigenvalue weighted by Gasteiger charge is -2.22. The van der Waals surface area contributed by atoms with Crippen molar-refractivity contribution in [2.45, 2.75) is 33.1 Å². The van der Waals surface area contributed by atoms with E-state index in [9.17, 15) is 0 Å². The van der Waals surface area contributed by atoms with Crippen LogP contribution in [0.2, 0.25) is 0 Å². The summed E-state index contributed by atoms with van der Waals surface area (Å²) in [6.45, 7) is 10.0. The number of aliphatic imine (C=N–C) groups is 1. The van der Waals surface area contributed by atoms with Crippen LogP contribution in [0, 0.1) is 0 Å². The van der Waals surface area contributed by atoms with Crippen molar-refractivity contribution in [2.75, 3.05) is 60.5 Å². The summed E-state index contributed by atoms with van der Waals surface area (Å²) in [7, 11) is 5.98. The van der Waals surface area contributed by atoms with Crippen LogP contribution in [0.5, 0.6) is 0 Å². The Balaban J connectivity index is 4.01. The molecule has 0 unspecified atom stereocenters. The quantitative estimate of drug-likeness (QED) is 0.356. The van der Waals surface area contributed by atoms with Crippen LogP contribution in [0.15, 0.2) is 4.99 Å². The minimum atomic E-state index is 0.794. The highest BCUT2D eigenvalue weighted by Gasteiger charge is 2.04. The van der Waals surface area contributed by atoms with E-state index in [4.69, 9.17) is 9.73 Å². The maximum Gasteiger partial charge on any atom is 0.193 e. The third kappa shape index (κ3) is 10.0. The summed E-state index contributed by atoms with van der Waals surface area (Å²) in [6, 6.07) is 0. The Morgan fingerprint density at radius 2 is 1.85 bits per heavy atom. The number of methoxy groups -OCH3 is 1. The van der Waals surface area contributed by atoms with E-state index in [-0.39, 0.29) is 0 Å². The van der Waals surface area contributed by atoms with Crippen LogP contribution in [-0.2, 0) is 4.74 Å². The highest BCUT2D eigenvalue weighted by atomic mass is 16.5. The largest absolute Gasteiger partial charge is 0.383 e. The normalized spacial score (nSPS) is 12.0. The van der Waals surface area contributed by atoms with E-state index in [1.54, 1.807) is 7.11 Å². The lowest BCUT2D eigenvalue weighted by molar-refractivity contribution is 0.161. The van der Waals surface area contributed by atoms with Gasteiger partial charge >= 0.3 is 0 Å². The maximum atomic E-state index is 5.07. The zero-order valence-electron chi connectivity index (χ0n) is 14.1. The Bertz CT molecular complexity index is 246. The Kier molecular flexibility index (Phi) is 12.7. The van der Waals surface area contributed by atoms with E-state index in [0.717, 1.165) is 51.7 Å². The zero-order chi connectivity index (χ0) is 15.2. The molecule has 0 aromatic carbocycles. The first-order chi connectivity index (χ1) is 9.65. The molecule has 0 radical (unpaired) electrons. The second-order valence-corrected chi connectivity index (χ2v) is 5.16. The lowest BCUT2D eigenvalue weighted by Crippen LogP contribution is -2.39. The van der Waals surface area contributed by atoms with Gasteiger partial charge in [0.15, 0.2) is 5.96 Å². The molecule has 0 aromatic rings. The zero-order valence-corrected chi connectivity index (χ0v) is 14.1. The van der Waals surface area contributed by atoms with Crippen molar-refractivity contribution in [1.82, 2.24) is 15.1 Å². The summed E-state index contributed by atoms with van der Waals surface area (Å²) < 4.78 is 5.07. The average molecular weight is 286 g/mol. The molecule has 0 aliphatic heterocycles. The lowest BCUT2D eigenvalue weighted by atomic mass is 10.3. The van der Waals surface area contributed by atoms with Gasteiger partial charge in [0.25, 0.3) is 0 Å². The minimum Gasteiger partial charge on any atom is -0.383 e. The summed E-state index contributed by atoms with van der Waals surface area (Å²) in [6.07, 6.45) is 3.51. The minimum absolute atomic E-state index is 0.794. The van der Waals surface area contributed by atoms with Gasteiger partial charge in [-0.2, -0.15) is 0 Å². The standard InChI is InChI=1S/C15H34N4O/c1-6-8-12-19(4)15(16-7-2)17-10-9-11-18(3)13-14-20-5/h6-14H2,1-5H3,(H,16,17). The third-order valence-electron chi connectivity index (χ3n) is 3.18. The number of likely N-dealkylation sites (N-methyl/N-ethyl adjacent to an activating group) is 1. The first kappa shape index (κ1) is 19.2. The molecule has 0 saturated heterocycles. The van der Waals surface area contributed by atoms with Gasteiger partial charge in [0.1, 0.15) is 0 Å². The molecule has 1 N–H and O–H groups in total. The van der Waals surface area contributed by atoms with Gasteiger partial charge in [-0.3, -0.25) is 4.99 Å². The molecule has 0 heterocycles. The van der Waals surface area contributed by atoms with E-state index in [0.29, 0.717) is 0 Å². The van der Waals surface area contributed by atoms with Crippen LogP contribution in [0.1, 0.15) is 33.1 Å². The van der Waals surface area contributed by atoms with E-state index in [2.05, 4.69) is 43.1 Å². The van der Waals surface area contributed by atoms with Crippen LogP contribution < -0.4 is 5.32 Å². The molecule has 0 bridgehead atoms. The molecular weight excluding hydrogens is 252 g/mol. The molecule has 0 amide bonds. The average Bonchev–Trinajstić information content (AvgIpc) is 2.45. The van der Waals surface area contributed by atoms with Crippen molar-refractivity contribution >= 4 is 5.96 Å². The first-order valence-corrected chi connectivity index (χ1v) is 7.82. The van der Waals surface area contributed by atoms with Crippen LogP contribution >= 0.6 is 0 Å². The summed E-state index contributed by atoms with van der Waals surface area (Å²) in [4.78, 5) is 9.20. The van der Waals surface area contributed by atoms with Gasteiger partial charge in [0.05, 0.1) is 6.61 Å². The number of ether oxygens (including phenoxy) is 1. The number of nitrogens with zero attached hydrogens (tertiary/aromatic N) is 3. The smallest absolute Gasteiger partial charge is 0.193 e. The molecule has 0 rings (SSSR count). The molecule has 5 nitrogen and oxygen atoms in total. The maximum absolute atomic E-state index is 5.07. The molecule has 0 spiro atoms. The molecule has 0 aliphatic rings. The second kappa shape index (κ2) is 13.2. The molecule has 0 aliphatic carbocycles. The summed E-state index contributed by atoms with van der Waals surface area (Å²) in [5.74, 6) is 1.03. The van der Waals surface area contributed by atoms with Crippen molar-refractivity contribution in [3.8, 4) is 0 Å². The van der Waals surface area contributed by atoms with Gasteiger partial charge in [-0.05, 0) is 33.4 Å². The SMILES string of the molecule is CCCCN(C)C(=NCCCN(C)CCOC)NCC. The van der Waals surface area contributed by atoms with Crippen molar-refractivity contribution in [1.29, 1.82) is 0 Å². The van der Waals surface area contributed by atoms with Gasteiger partial charge < -0.3 is 19.9 Å². The fourth-order valence-corrected chi connectivity index (χ4v) is 1.86. The number of hydrogen-bond acceptors (Lipinski definition) is 3. The van der Waals surface area contributed by atoms with Gasteiger partial charge in [-0.15, -0.1) is 0 Å². The topological polar surface area (TPSA) is 40.1 Å². The number of unbranched alkanes of at least 4 members (excludes halogenated alkanes) is 1. The molecule has 0 fully saturated rings. The predicted molar refractivity (Wildman–Crippen MR) is 87.5 cm³/mol. The molecule has 120 valence electrons.